The molecule has 214 valence electrons. The van der Waals surface area contributed by atoms with Crippen LogP contribution in [-0.4, -0.2) is 34.5 Å². The molecule has 0 saturated heterocycles. The third kappa shape index (κ3) is 13.2. The number of carboxylic acids is 1. The van der Waals surface area contributed by atoms with Gasteiger partial charge in [-0.2, -0.15) is 0 Å². The zero-order valence-electron chi connectivity index (χ0n) is 24.8. The predicted octanol–water partition coefficient (Wildman–Crippen LogP) is 6.63. The van der Waals surface area contributed by atoms with Crippen molar-refractivity contribution in [2.45, 2.75) is 137 Å². The van der Waals surface area contributed by atoms with E-state index in [0.717, 1.165) is 57.3 Å². The number of aliphatic carboxylic acids is 1. The van der Waals surface area contributed by atoms with Crippen molar-refractivity contribution >= 4 is 5.97 Å². The van der Waals surface area contributed by atoms with Gasteiger partial charge in [0.1, 0.15) is 5.76 Å². The maximum absolute atomic E-state index is 10.8. The Hall–Kier alpha value is -1.59. The maximum Gasteiger partial charge on any atom is 0.121 e. The molecule has 1 aliphatic rings. The number of carbonyl (C=O) groups is 1. The predicted molar refractivity (Wildman–Crippen MR) is 151 cm³/mol. The summed E-state index contributed by atoms with van der Waals surface area (Å²) in [4.78, 5) is 10.8. The summed E-state index contributed by atoms with van der Waals surface area (Å²) in [5.74, 6) is 0.249. The number of hydrogen-bond acceptors (Lipinski definition) is 5. The summed E-state index contributed by atoms with van der Waals surface area (Å²) >= 11 is 0. The van der Waals surface area contributed by atoms with Gasteiger partial charge in [0.2, 0.25) is 0 Å². The van der Waals surface area contributed by atoms with E-state index in [2.05, 4.69) is 40.7 Å². The van der Waals surface area contributed by atoms with Crippen molar-refractivity contribution in [2.75, 3.05) is 6.61 Å². The van der Waals surface area contributed by atoms with Crippen molar-refractivity contribution in [3.63, 3.8) is 0 Å². The molecular weight excluding hydrogens is 464 g/mol. The lowest BCUT2D eigenvalue weighted by Gasteiger charge is -2.29. The van der Waals surface area contributed by atoms with Crippen molar-refractivity contribution in [1.82, 2.24) is 0 Å². The third-order valence-corrected chi connectivity index (χ3v) is 8.07. The smallest absolute Gasteiger partial charge is 0.121 e. The molecule has 0 aromatic heterocycles. The molecule has 2 N–H and O–H groups in total. The number of unbranched alkanes of at least 4 members (excludes halogenated alkanes) is 1. The lowest BCUT2D eigenvalue weighted by atomic mass is 9.84. The van der Waals surface area contributed by atoms with Crippen molar-refractivity contribution in [1.29, 1.82) is 0 Å². The second-order valence-electron chi connectivity index (χ2n) is 11.9. The molecule has 5 atom stereocenters. The minimum atomic E-state index is -1.01. The first kappa shape index (κ1) is 33.4. The van der Waals surface area contributed by atoms with Gasteiger partial charge in [-0.25, -0.2) is 0 Å². The molecule has 0 fully saturated rings. The number of ether oxygens (including phenoxy) is 1. The first-order valence-corrected chi connectivity index (χ1v) is 14.7. The molecule has 0 radical (unpaired) electrons. The molecule has 5 nitrogen and oxygen atoms in total. The molecule has 37 heavy (non-hydrogen) atoms. The summed E-state index contributed by atoms with van der Waals surface area (Å²) in [7, 11) is 0. The average Bonchev–Trinajstić information content (AvgIpc) is 2.82. The Morgan fingerprint density at radius 1 is 1.19 bits per heavy atom. The molecule has 0 saturated carbocycles. The van der Waals surface area contributed by atoms with Crippen molar-refractivity contribution < 1.29 is 24.9 Å². The first-order chi connectivity index (χ1) is 17.4. The number of carboxylic acid groups (broad SMARTS) is 1. The highest BCUT2D eigenvalue weighted by Crippen LogP contribution is 2.34. The summed E-state index contributed by atoms with van der Waals surface area (Å²) in [5.41, 5.74) is 2.94. The minimum absolute atomic E-state index is 0.106. The number of rotatable bonds is 19. The van der Waals surface area contributed by atoms with E-state index in [1.54, 1.807) is 6.92 Å². The standard InChI is InChI=1S/C32H56O5/c1-8-9-21-37-30-27(6)26(5)29(33)22-28(30)18-17-24(3)14-10-13-23(2)15-11-19-32(7,36)20-12-16-25(4)31(34)35/h15,22,24-26,29,33,36H,8-14,16-21H2,1-7H3,(H,34,35)/p-1/b23-15+. The Morgan fingerprint density at radius 2 is 1.89 bits per heavy atom. The lowest BCUT2D eigenvalue weighted by molar-refractivity contribution is -0.311. The van der Waals surface area contributed by atoms with Crippen LogP contribution in [0.2, 0.25) is 0 Å². The van der Waals surface area contributed by atoms with Crippen LogP contribution in [0.15, 0.2) is 34.6 Å². The van der Waals surface area contributed by atoms with Crippen LogP contribution in [-0.2, 0) is 9.53 Å². The van der Waals surface area contributed by atoms with Gasteiger partial charge < -0.3 is 24.9 Å². The number of carbonyl (C=O) groups excluding carboxylic acids is 1. The van der Waals surface area contributed by atoms with Gasteiger partial charge in [0, 0.05) is 11.9 Å². The monoisotopic (exact) mass is 519 g/mol. The summed E-state index contributed by atoms with van der Waals surface area (Å²) < 4.78 is 6.16. The lowest BCUT2D eigenvalue weighted by Crippen LogP contribution is -2.30. The fraction of sp³-hybridized carbons (Fsp3) is 0.781. The number of allylic oxidation sites excluding steroid dienone is 3. The Labute approximate surface area is 227 Å². The molecule has 0 bridgehead atoms. The molecule has 1 rings (SSSR count). The molecule has 0 aromatic carbocycles. The SMILES string of the molecule is CCCCOC1=C(C)C(C)C(O)C=C1CCC(C)CCC/C(C)=C/CCC(C)(O)CCCC(C)C(=O)[O-]. The summed E-state index contributed by atoms with van der Waals surface area (Å²) in [5, 5.41) is 31.9. The van der Waals surface area contributed by atoms with E-state index in [1.165, 1.54) is 23.1 Å². The fourth-order valence-electron chi connectivity index (χ4n) is 4.90. The minimum Gasteiger partial charge on any atom is -0.550 e. The van der Waals surface area contributed by atoms with E-state index in [1.807, 2.05) is 13.0 Å². The van der Waals surface area contributed by atoms with Crippen LogP contribution < -0.4 is 5.11 Å². The van der Waals surface area contributed by atoms with Crippen LogP contribution in [0.5, 0.6) is 0 Å². The van der Waals surface area contributed by atoms with Gasteiger partial charge in [-0.1, -0.05) is 52.2 Å². The Morgan fingerprint density at radius 3 is 2.54 bits per heavy atom. The molecule has 5 unspecified atom stereocenters. The van der Waals surface area contributed by atoms with E-state index in [0.29, 0.717) is 31.6 Å². The van der Waals surface area contributed by atoms with Gasteiger partial charge in [0.15, 0.2) is 0 Å². The van der Waals surface area contributed by atoms with Gasteiger partial charge in [0.25, 0.3) is 0 Å². The van der Waals surface area contributed by atoms with Crippen LogP contribution in [0, 0.1) is 17.8 Å². The molecule has 0 aromatic rings. The van der Waals surface area contributed by atoms with Gasteiger partial charge in [0.05, 0.1) is 18.3 Å². The molecule has 0 heterocycles. The number of aliphatic hydroxyl groups excluding tert-OH is 1. The van der Waals surface area contributed by atoms with Gasteiger partial charge in [-0.05, 0) is 114 Å². The van der Waals surface area contributed by atoms with Crippen molar-refractivity contribution in [2.24, 2.45) is 17.8 Å². The Balaban J connectivity index is 2.39. The normalized spacial score (nSPS) is 21.9. The first-order valence-electron chi connectivity index (χ1n) is 14.7. The van der Waals surface area contributed by atoms with Gasteiger partial charge >= 0.3 is 0 Å². The highest BCUT2D eigenvalue weighted by Gasteiger charge is 2.26. The van der Waals surface area contributed by atoms with Crippen LogP contribution in [0.1, 0.15) is 126 Å². The quantitative estimate of drug-likeness (QED) is 0.148. The largest absolute Gasteiger partial charge is 0.550 e. The molecule has 5 heteroatoms. The second-order valence-corrected chi connectivity index (χ2v) is 11.9. The van der Waals surface area contributed by atoms with Gasteiger partial charge in [-0.15, -0.1) is 0 Å². The molecule has 0 amide bonds. The van der Waals surface area contributed by atoms with E-state index in [-0.39, 0.29) is 5.92 Å². The van der Waals surface area contributed by atoms with Crippen molar-refractivity contribution in [3.05, 3.63) is 34.6 Å². The van der Waals surface area contributed by atoms with Crippen LogP contribution in [0.3, 0.4) is 0 Å². The Kier molecular flexibility index (Phi) is 15.4. The van der Waals surface area contributed by atoms with Crippen LogP contribution >= 0.6 is 0 Å². The molecule has 0 spiro atoms. The number of hydrogen-bond donors (Lipinski definition) is 2. The Bertz CT molecular complexity index is 776. The van der Waals surface area contributed by atoms with E-state index in [4.69, 9.17) is 4.74 Å². The number of aliphatic hydroxyl groups is 2. The second kappa shape index (κ2) is 17.1. The van der Waals surface area contributed by atoms with Gasteiger partial charge in [-0.3, -0.25) is 0 Å². The van der Waals surface area contributed by atoms with Crippen molar-refractivity contribution in [3.8, 4) is 0 Å². The summed E-state index contributed by atoms with van der Waals surface area (Å²) in [6.45, 7) is 15.1. The summed E-state index contributed by atoms with van der Waals surface area (Å²) in [6.07, 6.45) is 14.8. The van der Waals surface area contributed by atoms with E-state index < -0.39 is 23.6 Å². The summed E-state index contributed by atoms with van der Waals surface area (Å²) in [6, 6.07) is 0. The van der Waals surface area contributed by atoms with Crippen LogP contribution in [0.4, 0.5) is 0 Å². The molecular formula is C32H55O5-. The highest BCUT2D eigenvalue weighted by molar-refractivity contribution is 5.66. The molecule has 0 aliphatic heterocycles. The van der Waals surface area contributed by atoms with E-state index >= 15 is 0 Å². The molecule has 1 aliphatic carbocycles. The highest BCUT2D eigenvalue weighted by atomic mass is 16.5. The average molecular weight is 520 g/mol. The topological polar surface area (TPSA) is 89.8 Å². The zero-order valence-corrected chi connectivity index (χ0v) is 24.8. The fourth-order valence-corrected chi connectivity index (χ4v) is 4.90. The zero-order chi connectivity index (χ0) is 28.0. The third-order valence-electron chi connectivity index (χ3n) is 8.07. The van der Waals surface area contributed by atoms with E-state index in [9.17, 15) is 20.1 Å². The van der Waals surface area contributed by atoms with Crippen LogP contribution in [0.25, 0.3) is 0 Å². The maximum atomic E-state index is 10.8.